The first kappa shape index (κ1) is 8.96. The van der Waals surface area contributed by atoms with Crippen LogP contribution in [-0.2, 0) is 4.79 Å². The molecular formula is C13H15NO. The average Bonchev–Trinajstić information content (AvgIpc) is 2.85. The fourth-order valence-electron chi connectivity index (χ4n) is 3.24. The van der Waals surface area contributed by atoms with Crippen molar-refractivity contribution in [3.05, 3.63) is 35.1 Å². The number of allylic oxidation sites excluding steroid dienone is 5. The second kappa shape index (κ2) is 2.63. The molecule has 0 bridgehead atoms. The molecule has 2 aliphatic carbocycles. The van der Waals surface area contributed by atoms with Crippen LogP contribution < -0.4 is 5.32 Å². The molecule has 0 amide bonds. The van der Waals surface area contributed by atoms with Gasteiger partial charge in [0, 0.05) is 29.3 Å². The van der Waals surface area contributed by atoms with E-state index in [9.17, 15) is 4.79 Å². The van der Waals surface area contributed by atoms with Gasteiger partial charge in [-0.1, -0.05) is 12.2 Å². The molecule has 1 aliphatic heterocycles. The standard InChI is InChI=1S/C13H15NO/c1-3-9-10(4-2)13-6-8(13)7-14-12(13)5-11(9)15/h3-5,8,14H,6-7H2,1-2H3/b9-3+,10-4+. The van der Waals surface area contributed by atoms with Crippen molar-refractivity contribution < 1.29 is 4.79 Å². The van der Waals surface area contributed by atoms with Crippen LogP contribution in [0.2, 0.25) is 0 Å². The van der Waals surface area contributed by atoms with E-state index in [1.54, 1.807) is 6.08 Å². The summed E-state index contributed by atoms with van der Waals surface area (Å²) >= 11 is 0. The molecule has 15 heavy (non-hydrogen) atoms. The molecule has 1 N–H and O–H groups in total. The Morgan fingerprint density at radius 3 is 2.87 bits per heavy atom. The molecular weight excluding hydrogens is 186 g/mol. The van der Waals surface area contributed by atoms with Crippen molar-refractivity contribution in [3.63, 3.8) is 0 Å². The number of nitrogens with one attached hydrogen (secondary N) is 1. The van der Waals surface area contributed by atoms with Gasteiger partial charge in [0.2, 0.25) is 0 Å². The van der Waals surface area contributed by atoms with Crippen LogP contribution in [0.5, 0.6) is 0 Å². The SMILES string of the molecule is C/C=C1\C(=C/C)C(=O)C=C2NCC3CC213. The summed E-state index contributed by atoms with van der Waals surface area (Å²) in [5.74, 6) is 0.879. The monoisotopic (exact) mass is 201 g/mol. The molecule has 78 valence electrons. The minimum Gasteiger partial charge on any atom is -0.387 e. The summed E-state index contributed by atoms with van der Waals surface area (Å²) in [5.41, 5.74) is 3.52. The van der Waals surface area contributed by atoms with Crippen LogP contribution in [0.25, 0.3) is 0 Å². The Kier molecular flexibility index (Phi) is 1.57. The van der Waals surface area contributed by atoms with Crippen LogP contribution in [-0.4, -0.2) is 12.3 Å². The molecule has 2 nitrogen and oxygen atoms in total. The Morgan fingerprint density at radius 1 is 1.47 bits per heavy atom. The highest BCUT2D eigenvalue weighted by Crippen LogP contribution is 2.67. The van der Waals surface area contributed by atoms with Gasteiger partial charge in [0.15, 0.2) is 5.78 Å². The summed E-state index contributed by atoms with van der Waals surface area (Å²) in [5, 5.41) is 3.36. The van der Waals surface area contributed by atoms with E-state index in [4.69, 9.17) is 0 Å². The Bertz CT molecular complexity index is 441. The van der Waals surface area contributed by atoms with Gasteiger partial charge >= 0.3 is 0 Å². The molecule has 3 rings (SSSR count). The van der Waals surface area contributed by atoms with Crippen molar-refractivity contribution in [1.29, 1.82) is 0 Å². The minimum atomic E-state index is 0.159. The highest BCUT2D eigenvalue weighted by atomic mass is 16.1. The fraction of sp³-hybridized carbons (Fsp3) is 0.462. The summed E-state index contributed by atoms with van der Waals surface area (Å²) in [6, 6.07) is 0. The topological polar surface area (TPSA) is 29.1 Å². The second-order valence-electron chi connectivity index (χ2n) is 4.58. The van der Waals surface area contributed by atoms with Crippen molar-refractivity contribution in [2.24, 2.45) is 11.3 Å². The molecule has 2 heteroatoms. The second-order valence-corrected chi connectivity index (χ2v) is 4.58. The maximum Gasteiger partial charge on any atom is 0.187 e. The van der Waals surface area contributed by atoms with E-state index in [0.717, 1.165) is 23.7 Å². The number of carbonyl (C=O) groups is 1. The third-order valence-electron chi connectivity index (χ3n) is 4.01. The normalized spacial score (nSPS) is 42.4. The molecule has 0 radical (unpaired) electrons. The number of rotatable bonds is 0. The predicted molar refractivity (Wildman–Crippen MR) is 59.1 cm³/mol. The van der Waals surface area contributed by atoms with E-state index < -0.39 is 0 Å². The van der Waals surface area contributed by atoms with Crippen LogP contribution in [0.4, 0.5) is 0 Å². The smallest absolute Gasteiger partial charge is 0.187 e. The fourth-order valence-corrected chi connectivity index (χ4v) is 3.24. The van der Waals surface area contributed by atoms with Crippen molar-refractivity contribution in [2.45, 2.75) is 20.3 Å². The van der Waals surface area contributed by atoms with Gasteiger partial charge in [-0.05, 0) is 31.8 Å². The first-order chi connectivity index (χ1) is 7.24. The van der Waals surface area contributed by atoms with Crippen LogP contribution in [0, 0.1) is 11.3 Å². The molecule has 1 saturated carbocycles. The summed E-state index contributed by atoms with van der Waals surface area (Å²) in [4.78, 5) is 11.9. The Labute approximate surface area is 89.7 Å². The van der Waals surface area contributed by atoms with Gasteiger partial charge in [-0.15, -0.1) is 0 Å². The Hall–Kier alpha value is -1.31. The zero-order chi connectivity index (χ0) is 10.6. The van der Waals surface area contributed by atoms with Crippen molar-refractivity contribution in [3.8, 4) is 0 Å². The highest BCUT2D eigenvalue weighted by molar-refractivity contribution is 6.10. The van der Waals surface area contributed by atoms with Crippen molar-refractivity contribution in [1.82, 2.24) is 5.32 Å². The van der Waals surface area contributed by atoms with Gasteiger partial charge in [-0.3, -0.25) is 4.79 Å². The first-order valence-electron chi connectivity index (χ1n) is 5.58. The van der Waals surface area contributed by atoms with Gasteiger partial charge in [0.25, 0.3) is 0 Å². The van der Waals surface area contributed by atoms with E-state index in [-0.39, 0.29) is 11.2 Å². The lowest BCUT2D eigenvalue weighted by Gasteiger charge is -2.25. The van der Waals surface area contributed by atoms with Gasteiger partial charge in [-0.2, -0.15) is 0 Å². The molecule has 2 atom stereocenters. The average molecular weight is 201 g/mol. The zero-order valence-electron chi connectivity index (χ0n) is 9.13. The molecule has 2 unspecified atom stereocenters. The van der Waals surface area contributed by atoms with Crippen LogP contribution >= 0.6 is 0 Å². The lowest BCUT2D eigenvalue weighted by molar-refractivity contribution is -0.111. The Balaban J connectivity index is 2.21. The van der Waals surface area contributed by atoms with Gasteiger partial charge in [-0.25, -0.2) is 0 Å². The third kappa shape index (κ3) is 0.876. The number of piperidine rings is 1. The number of hydrogen-bond donors (Lipinski definition) is 1. The largest absolute Gasteiger partial charge is 0.387 e. The summed E-state index contributed by atoms with van der Waals surface area (Å²) in [6.07, 6.45) is 7.09. The van der Waals surface area contributed by atoms with Gasteiger partial charge in [0.05, 0.1) is 0 Å². The van der Waals surface area contributed by atoms with E-state index in [1.807, 2.05) is 19.9 Å². The van der Waals surface area contributed by atoms with E-state index in [2.05, 4.69) is 11.4 Å². The summed E-state index contributed by atoms with van der Waals surface area (Å²) < 4.78 is 0. The van der Waals surface area contributed by atoms with Crippen LogP contribution in [0.1, 0.15) is 20.3 Å². The number of carbonyl (C=O) groups excluding carboxylic acids is 1. The molecule has 3 aliphatic rings. The van der Waals surface area contributed by atoms with E-state index in [1.165, 1.54) is 12.0 Å². The van der Waals surface area contributed by atoms with Crippen LogP contribution in [0.15, 0.2) is 35.1 Å². The quantitative estimate of drug-likeness (QED) is 0.607. The van der Waals surface area contributed by atoms with Crippen LogP contribution in [0.3, 0.4) is 0 Å². The van der Waals surface area contributed by atoms with Crippen molar-refractivity contribution in [2.75, 3.05) is 6.54 Å². The molecule has 0 aromatic heterocycles. The van der Waals surface area contributed by atoms with Gasteiger partial charge < -0.3 is 5.32 Å². The highest BCUT2D eigenvalue weighted by Gasteiger charge is 2.64. The maximum atomic E-state index is 11.9. The van der Waals surface area contributed by atoms with E-state index in [0.29, 0.717) is 0 Å². The number of hydrogen-bond acceptors (Lipinski definition) is 2. The molecule has 1 spiro atoms. The summed E-state index contributed by atoms with van der Waals surface area (Å²) in [6.45, 7) is 5.02. The minimum absolute atomic E-state index is 0.159. The van der Waals surface area contributed by atoms with E-state index >= 15 is 0 Å². The molecule has 0 aromatic carbocycles. The molecule has 1 heterocycles. The molecule has 0 aromatic rings. The predicted octanol–water partition coefficient (Wildman–Crippen LogP) is 1.96. The lowest BCUT2D eigenvalue weighted by Crippen LogP contribution is -2.24. The summed E-state index contributed by atoms with van der Waals surface area (Å²) in [7, 11) is 0. The van der Waals surface area contributed by atoms with Gasteiger partial charge in [0.1, 0.15) is 0 Å². The molecule has 2 fully saturated rings. The molecule has 1 saturated heterocycles. The third-order valence-corrected chi connectivity index (χ3v) is 4.01. The number of ketones is 1. The zero-order valence-corrected chi connectivity index (χ0v) is 9.13. The first-order valence-corrected chi connectivity index (χ1v) is 5.58. The Morgan fingerprint density at radius 2 is 2.27 bits per heavy atom. The maximum absolute atomic E-state index is 11.9. The lowest BCUT2D eigenvalue weighted by atomic mass is 9.79. The van der Waals surface area contributed by atoms with Crippen molar-refractivity contribution >= 4 is 5.78 Å².